The van der Waals surface area contributed by atoms with Gasteiger partial charge >= 0.3 is 5.97 Å². The number of aryl methyl sites for hydroxylation is 1. The molecule has 4 rings (SSSR count). The molecule has 0 spiro atoms. The van der Waals surface area contributed by atoms with Crippen LogP contribution in [0, 0.1) is 6.92 Å². The Bertz CT molecular complexity index is 1250. The molecule has 1 fully saturated rings. The number of hydrogen-bond acceptors (Lipinski definition) is 6. The molecule has 1 aliphatic rings. The standard InChI is InChI=1S/C23H23N3O5S/c1-17-6-9-19(10-7-17)32(29,30)26-14-12-25(13-15-26)22(27)16-31-23(28)21-11-8-18-4-2-3-5-20(18)24-21/h2-11H,12-16H2,1H3. The Morgan fingerprint density at radius 3 is 2.34 bits per heavy atom. The summed E-state index contributed by atoms with van der Waals surface area (Å²) in [5.74, 6) is -1.05. The molecule has 0 radical (unpaired) electrons. The molecule has 3 aromatic rings. The Balaban J connectivity index is 1.31. The first-order chi connectivity index (χ1) is 15.3. The number of para-hydroxylation sites is 1. The van der Waals surface area contributed by atoms with Gasteiger partial charge in [-0.25, -0.2) is 18.2 Å². The smallest absolute Gasteiger partial charge is 0.357 e. The number of hydrogen-bond donors (Lipinski definition) is 0. The molecule has 0 aliphatic carbocycles. The van der Waals surface area contributed by atoms with E-state index in [-0.39, 0.29) is 42.7 Å². The zero-order valence-corrected chi connectivity index (χ0v) is 18.4. The zero-order chi connectivity index (χ0) is 22.7. The quantitative estimate of drug-likeness (QED) is 0.550. The van der Waals surface area contributed by atoms with Gasteiger partial charge in [-0.1, -0.05) is 42.0 Å². The van der Waals surface area contributed by atoms with Gasteiger partial charge in [-0.05, 0) is 31.2 Å². The largest absolute Gasteiger partial charge is 0.451 e. The number of carbonyl (C=O) groups is 2. The summed E-state index contributed by atoms with van der Waals surface area (Å²) in [5.41, 5.74) is 1.78. The Kier molecular flexibility index (Phi) is 6.20. The number of fused-ring (bicyclic) bond motifs is 1. The highest BCUT2D eigenvalue weighted by atomic mass is 32.2. The SMILES string of the molecule is Cc1ccc(S(=O)(=O)N2CCN(C(=O)COC(=O)c3ccc4ccccc4n3)CC2)cc1. The molecule has 9 heteroatoms. The van der Waals surface area contributed by atoms with Crippen LogP contribution in [0.25, 0.3) is 10.9 Å². The highest BCUT2D eigenvalue weighted by Gasteiger charge is 2.30. The minimum absolute atomic E-state index is 0.130. The number of sulfonamides is 1. The summed E-state index contributed by atoms with van der Waals surface area (Å²) in [4.78, 5) is 30.8. The predicted molar refractivity (Wildman–Crippen MR) is 119 cm³/mol. The third-order valence-corrected chi connectivity index (χ3v) is 7.30. The number of aromatic nitrogens is 1. The van der Waals surface area contributed by atoms with Gasteiger partial charge in [0.15, 0.2) is 6.61 Å². The molecule has 1 aliphatic heterocycles. The van der Waals surface area contributed by atoms with Crippen LogP contribution in [0.4, 0.5) is 0 Å². The maximum atomic E-state index is 12.8. The van der Waals surface area contributed by atoms with E-state index in [2.05, 4.69) is 4.98 Å². The summed E-state index contributed by atoms with van der Waals surface area (Å²) in [6.45, 7) is 2.30. The minimum Gasteiger partial charge on any atom is -0.451 e. The highest BCUT2D eigenvalue weighted by Crippen LogP contribution is 2.18. The van der Waals surface area contributed by atoms with Gasteiger partial charge in [0, 0.05) is 31.6 Å². The van der Waals surface area contributed by atoms with E-state index in [0.717, 1.165) is 10.9 Å². The van der Waals surface area contributed by atoms with Gasteiger partial charge < -0.3 is 9.64 Å². The molecule has 0 atom stereocenters. The molecule has 0 saturated carbocycles. The van der Waals surface area contributed by atoms with E-state index in [1.54, 1.807) is 42.5 Å². The van der Waals surface area contributed by atoms with Gasteiger partial charge in [0.1, 0.15) is 5.69 Å². The van der Waals surface area contributed by atoms with Gasteiger partial charge in [-0.15, -0.1) is 0 Å². The number of carbonyl (C=O) groups excluding carboxylic acids is 2. The molecule has 2 aromatic carbocycles. The normalized spacial score (nSPS) is 15.0. The third-order valence-electron chi connectivity index (χ3n) is 5.38. The maximum absolute atomic E-state index is 12.8. The van der Waals surface area contributed by atoms with Crippen LogP contribution in [0.15, 0.2) is 65.6 Å². The van der Waals surface area contributed by atoms with Crippen molar-refractivity contribution in [2.24, 2.45) is 0 Å². The Morgan fingerprint density at radius 2 is 1.62 bits per heavy atom. The summed E-state index contributed by atoms with van der Waals surface area (Å²) in [5, 5.41) is 0.901. The number of nitrogens with zero attached hydrogens (tertiary/aromatic N) is 3. The van der Waals surface area contributed by atoms with Crippen LogP contribution in [-0.4, -0.2) is 67.3 Å². The van der Waals surface area contributed by atoms with Crippen molar-refractivity contribution in [3.8, 4) is 0 Å². The van der Waals surface area contributed by atoms with Gasteiger partial charge in [0.05, 0.1) is 10.4 Å². The number of pyridine rings is 1. The topological polar surface area (TPSA) is 96.9 Å². The molecule has 1 saturated heterocycles. The summed E-state index contributed by atoms with van der Waals surface area (Å²) in [6.07, 6.45) is 0. The van der Waals surface area contributed by atoms with E-state index in [1.165, 1.54) is 9.21 Å². The van der Waals surface area contributed by atoms with Crippen molar-refractivity contribution in [1.82, 2.24) is 14.2 Å². The molecule has 1 aromatic heterocycles. The van der Waals surface area contributed by atoms with Gasteiger partial charge in [-0.2, -0.15) is 4.31 Å². The van der Waals surface area contributed by atoms with Crippen LogP contribution >= 0.6 is 0 Å². The maximum Gasteiger partial charge on any atom is 0.357 e. The van der Waals surface area contributed by atoms with Crippen molar-refractivity contribution in [3.63, 3.8) is 0 Å². The lowest BCUT2D eigenvalue weighted by Crippen LogP contribution is -2.51. The van der Waals surface area contributed by atoms with E-state index in [0.29, 0.717) is 5.52 Å². The summed E-state index contributed by atoms with van der Waals surface area (Å²) >= 11 is 0. The third kappa shape index (κ3) is 4.63. The Hall–Kier alpha value is -3.30. The number of piperazine rings is 1. The molecule has 0 bridgehead atoms. The molecule has 0 unspecified atom stereocenters. The molecule has 2 heterocycles. The molecule has 166 valence electrons. The monoisotopic (exact) mass is 453 g/mol. The van der Waals surface area contributed by atoms with Gasteiger partial charge in [0.25, 0.3) is 5.91 Å². The second kappa shape index (κ2) is 9.05. The summed E-state index contributed by atoms with van der Waals surface area (Å²) in [7, 11) is -3.61. The lowest BCUT2D eigenvalue weighted by atomic mass is 10.2. The fraction of sp³-hybridized carbons (Fsp3) is 0.261. The first kappa shape index (κ1) is 21.9. The molecule has 1 amide bonds. The van der Waals surface area contributed by atoms with E-state index in [4.69, 9.17) is 4.74 Å². The van der Waals surface area contributed by atoms with Crippen molar-refractivity contribution in [2.75, 3.05) is 32.8 Å². The first-order valence-electron chi connectivity index (χ1n) is 10.2. The van der Waals surface area contributed by atoms with Crippen molar-refractivity contribution < 1.29 is 22.7 Å². The fourth-order valence-corrected chi connectivity index (χ4v) is 4.93. The molecule has 0 N–H and O–H groups in total. The number of benzene rings is 2. The highest BCUT2D eigenvalue weighted by molar-refractivity contribution is 7.89. The predicted octanol–water partition coefficient (Wildman–Crippen LogP) is 2.23. The van der Waals surface area contributed by atoms with E-state index in [1.807, 2.05) is 25.1 Å². The minimum atomic E-state index is -3.61. The molecular weight excluding hydrogens is 430 g/mol. The van der Waals surface area contributed by atoms with Crippen LogP contribution < -0.4 is 0 Å². The summed E-state index contributed by atoms with van der Waals surface area (Å²) < 4.78 is 32.1. The number of rotatable bonds is 5. The van der Waals surface area contributed by atoms with Crippen LogP contribution in [-0.2, 0) is 19.6 Å². The second-order valence-electron chi connectivity index (χ2n) is 7.56. The van der Waals surface area contributed by atoms with Crippen molar-refractivity contribution in [3.05, 3.63) is 71.9 Å². The van der Waals surface area contributed by atoms with Crippen LogP contribution in [0.3, 0.4) is 0 Å². The molecule has 8 nitrogen and oxygen atoms in total. The van der Waals surface area contributed by atoms with Gasteiger partial charge in [-0.3, -0.25) is 4.79 Å². The Morgan fingerprint density at radius 1 is 0.938 bits per heavy atom. The average Bonchev–Trinajstić information content (AvgIpc) is 2.82. The molecule has 32 heavy (non-hydrogen) atoms. The van der Waals surface area contributed by atoms with E-state index >= 15 is 0 Å². The number of esters is 1. The van der Waals surface area contributed by atoms with E-state index in [9.17, 15) is 18.0 Å². The lowest BCUT2D eigenvalue weighted by Gasteiger charge is -2.33. The lowest BCUT2D eigenvalue weighted by molar-refractivity contribution is -0.135. The van der Waals surface area contributed by atoms with Crippen molar-refractivity contribution >= 4 is 32.8 Å². The van der Waals surface area contributed by atoms with E-state index < -0.39 is 22.6 Å². The van der Waals surface area contributed by atoms with Crippen LogP contribution in [0.1, 0.15) is 16.1 Å². The van der Waals surface area contributed by atoms with Crippen LogP contribution in [0.5, 0.6) is 0 Å². The fourth-order valence-electron chi connectivity index (χ4n) is 3.51. The van der Waals surface area contributed by atoms with Gasteiger partial charge in [0.2, 0.25) is 10.0 Å². The van der Waals surface area contributed by atoms with Crippen molar-refractivity contribution in [2.45, 2.75) is 11.8 Å². The number of amides is 1. The first-order valence-corrected chi connectivity index (χ1v) is 11.7. The number of ether oxygens (including phenoxy) is 1. The Labute approximate surface area is 186 Å². The van der Waals surface area contributed by atoms with Crippen LogP contribution in [0.2, 0.25) is 0 Å². The van der Waals surface area contributed by atoms with Crippen molar-refractivity contribution in [1.29, 1.82) is 0 Å². The zero-order valence-electron chi connectivity index (χ0n) is 17.6. The average molecular weight is 454 g/mol. The second-order valence-corrected chi connectivity index (χ2v) is 9.50. The molecular formula is C23H23N3O5S. The summed E-state index contributed by atoms with van der Waals surface area (Å²) in [6, 6.07) is 17.4.